The molecule has 0 bridgehead atoms. The Balaban J connectivity index is 2.54. The third kappa shape index (κ3) is 2.99. The Morgan fingerprint density at radius 3 is 2.68 bits per heavy atom. The lowest BCUT2D eigenvalue weighted by molar-refractivity contribution is 0.101. The molecule has 0 heterocycles. The molecule has 2 aromatic carbocycles. The summed E-state index contributed by atoms with van der Waals surface area (Å²) in [5.74, 6) is 0.261. The summed E-state index contributed by atoms with van der Waals surface area (Å²) in [6.07, 6.45) is 0. The number of carbonyl (C=O) groups is 1. The van der Waals surface area contributed by atoms with Gasteiger partial charge in [0.15, 0.2) is 5.78 Å². The van der Waals surface area contributed by atoms with Crippen molar-refractivity contribution in [1.82, 2.24) is 0 Å². The van der Waals surface area contributed by atoms with E-state index in [0.29, 0.717) is 23.5 Å². The van der Waals surface area contributed by atoms with Crippen molar-refractivity contribution in [2.45, 2.75) is 13.8 Å². The summed E-state index contributed by atoms with van der Waals surface area (Å²) in [5.41, 5.74) is 1.87. The zero-order valence-electron chi connectivity index (χ0n) is 10.9. The number of halogens is 1. The van der Waals surface area contributed by atoms with Gasteiger partial charge in [0.25, 0.3) is 0 Å². The monoisotopic (exact) mass is 258 g/mol. The summed E-state index contributed by atoms with van der Waals surface area (Å²) in [5, 5.41) is 0. The Bertz CT molecular complexity index is 605. The molecule has 0 aromatic heterocycles. The quantitative estimate of drug-likeness (QED) is 0.772. The van der Waals surface area contributed by atoms with E-state index in [4.69, 9.17) is 4.74 Å². The van der Waals surface area contributed by atoms with Gasteiger partial charge in [-0.2, -0.15) is 0 Å². The van der Waals surface area contributed by atoms with E-state index in [1.807, 2.05) is 31.2 Å². The molecule has 0 radical (unpaired) electrons. The molecule has 3 heteroatoms. The molecule has 2 nitrogen and oxygen atoms in total. The van der Waals surface area contributed by atoms with E-state index < -0.39 is 0 Å². The van der Waals surface area contributed by atoms with Crippen LogP contribution in [-0.2, 0) is 0 Å². The second-order valence-electron chi connectivity index (χ2n) is 4.21. The van der Waals surface area contributed by atoms with Crippen LogP contribution in [0.25, 0.3) is 11.1 Å². The van der Waals surface area contributed by atoms with Crippen LogP contribution in [0.5, 0.6) is 5.75 Å². The molecule has 0 aliphatic rings. The average Bonchev–Trinajstić information content (AvgIpc) is 2.39. The largest absolute Gasteiger partial charge is 0.494 e. The lowest BCUT2D eigenvalue weighted by Crippen LogP contribution is -1.97. The molecule has 0 N–H and O–H groups in total. The van der Waals surface area contributed by atoms with Gasteiger partial charge in [0, 0.05) is 5.56 Å². The van der Waals surface area contributed by atoms with E-state index in [0.717, 1.165) is 5.56 Å². The highest BCUT2D eigenvalue weighted by atomic mass is 19.1. The minimum absolute atomic E-state index is 0.0863. The zero-order chi connectivity index (χ0) is 13.8. The molecule has 0 unspecified atom stereocenters. The summed E-state index contributed by atoms with van der Waals surface area (Å²) >= 11 is 0. The molecule has 0 amide bonds. The number of ether oxygens (including phenoxy) is 1. The summed E-state index contributed by atoms with van der Waals surface area (Å²) in [6.45, 7) is 3.94. The van der Waals surface area contributed by atoms with E-state index in [-0.39, 0.29) is 11.6 Å². The Hall–Kier alpha value is -2.16. The number of rotatable bonds is 4. The molecule has 0 saturated heterocycles. The maximum absolute atomic E-state index is 13.4. The van der Waals surface area contributed by atoms with Gasteiger partial charge in [-0.25, -0.2) is 4.39 Å². The van der Waals surface area contributed by atoms with Crippen LogP contribution in [0.3, 0.4) is 0 Å². The minimum Gasteiger partial charge on any atom is -0.494 e. The van der Waals surface area contributed by atoms with E-state index in [2.05, 4.69) is 0 Å². The lowest BCUT2D eigenvalue weighted by atomic mass is 9.97. The van der Waals surface area contributed by atoms with Crippen LogP contribution in [0.4, 0.5) is 4.39 Å². The van der Waals surface area contributed by atoms with Crippen molar-refractivity contribution in [2.75, 3.05) is 6.61 Å². The molecule has 0 spiro atoms. The Morgan fingerprint density at radius 1 is 1.21 bits per heavy atom. The third-order valence-electron chi connectivity index (χ3n) is 2.82. The van der Waals surface area contributed by atoms with Gasteiger partial charge < -0.3 is 4.74 Å². The van der Waals surface area contributed by atoms with Crippen molar-refractivity contribution in [3.05, 3.63) is 53.8 Å². The molecule has 19 heavy (non-hydrogen) atoms. The third-order valence-corrected chi connectivity index (χ3v) is 2.82. The van der Waals surface area contributed by atoms with Gasteiger partial charge in [0.05, 0.1) is 6.61 Å². The van der Waals surface area contributed by atoms with E-state index in [1.165, 1.54) is 25.1 Å². The first-order chi connectivity index (χ1) is 9.11. The van der Waals surface area contributed by atoms with Crippen molar-refractivity contribution in [3.8, 4) is 16.9 Å². The van der Waals surface area contributed by atoms with E-state index in [9.17, 15) is 9.18 Å². The number of carbonyl (C=O) groups excluding carboxylic acids is 1. The number of Topliss-reactive ketones (excluding diaryl/α,β-unsaturated/α-hetero) is 1. The maximum atomic E-state index is 13.4. The van der Waals surface area contributed by atoms with Crippen molar-refractivity contribution in [1.29, 1.82) is 0 Å². The predicted molar refractivity (Wildman–Crippen MR) is 73.0 cm³/mol. The fraction of sp³-hybridized carbons (Fsp3) is 0.188. The maximum Gasteiger partial charge on any atom is 0.160 e. The Kier molecular flexibility index (Phi) is 3.95. The molecule has 98 valence electrons. The van der Waals surface area contributed by atoms with Crippen LogP contribution in [0, 0.1) is 5.82 Å². The van der Waals surface area contributed by atoms with E-state index in [1.54, 1.807) is 0 Å². The first-order valence-electron chi connectivity index (χ1n) is 6.15. The first-order valence-corrected chi connectivity index (χ1v) is 6.15. The molecular formula is C16H15FO2. The van der Waals surface area contributed by atoms with Crippen LogP contribution < -0.4 is 4.74 Å². The normalized spacial score (nSPS) is 10.3. The molecule has 0 aliphatic carbocycles. The van der Waals surface area contributed by atoms with Crippen LogP contribution in [0.2, 0.25) is 0 Å². The van der Waals surface area contributed by atoms with Gasteiger partial charge in [-0.3, -0.25) is 4.79 Å². The molecule has 0 saturated carbocycles. The highest BCUT2D eigenvalue weighted by Crippen LogP contribution is 2.28. The summed E-state index contributed by atoms with van der Waals surface area (Å²) < 4.78 is 18.8. The smallest absolute Gasteiger partial charge is 0.160 e. The van der Waals surface area contributed by atoms with Gasteiger partial charge in [-0.05, 0) is 55.3 Å². The van der Waals surface area contributed by atoms with Crippen LogP contribution in [0.15, 0.2) is 42.5 Å². The summed E-state index contributed by atoms with van der Waals surface area (Å²) in [7, 11) is 0. The van der Waals surface area contributed by atoms with Crippen molar-refractivity contribution in [3.63, 3.8) is 0 Å². The second-order valence-corrected chi connectivity index (χ2v) is 4.21. The van der Waals surface area contributed by atoms with Gasteiger partial charge >= 0.3 is 0 Å². The first kappa shape index (κ1) is 13.3. The standard InChI is InChI=1S/C16H15FO2/c1-3-19-14-6-4-5-12(9-14)16-10-13(17)7-8-15(16)11(2)18/h4-10H,3H2,1-2H3. The lowest BCUT2D eigenvalue weighted by Gasteiger charge is -2.09. The average molecular weight is 258 g/mol. The van der Waals surface area contributed by atoms with Crippen molar-refractivity contribution in [2.24, 2.45) is 0 Å². The number of hydrogen-bond donors (Lipinski definition) is 0. The SMILES string of the molecule is CCOc1cccc(-c2cc(F)ccc2C(C)=O)c1. The molecule has 0 atom stereocenters. The fourth-order valence-electron chi connectivity index (χ4n) is 1.98. The van der Waals surface area contributed by atoms with Gasteiger partial charge in [-0.1, -0.05) is 12.1 Å². The number of ketones is 1. The molecule has 2 aromatic rings. The summed E-state index contributed by atoms with van der Waals surface area (Å²) in [4.78, 5) is 11.6. The molecule has 0 fully saturated rings. The highest BCUT2D eigenvalue weighted by molar-refractivity contribution is 6.00. The number of benzene rings is 2. The zero-order valence-corrected chi connectivity index (χ0v) is 10.9. The Labute approximate surface area is 111 Å². The van der Waals surface area contributed by atoms with Gasteiger partial charge in [0.2, 0.25) is 0 Å². The van der Waals surface area contributed by atoms with E-state index >= 15 is 0 Å². The highest BCUT2D eigenvalue weighted by Gasteiger charge is 2.11. The van der Waals surface area contributed by atoms with Gasteiger partial charge in [-0.15, -0.1) is 0 Å². The second kappa shape index (κ2) is 5.65. The van der Waals surface area contributed by atoms with Crippen LogP contribution in [-0.4, -0.2) is 12.4 Å². The number of hydrogen-bond acceptors (Lipinski definition) is 2. The molecule has 0 aliphatic heterocycles. The van der Waals surface area contributed by atoms with Crippen LogP contribution in [0.1, 0.15) is 24.2 Å². The van der Waals surface area contributed by atoms with Gasteiger partial charge in [0.1, 0.15) is 11.6 Å². The van der Waals surface area contributed by atoms with Crippen LogP contribution >= 0.6 is 0 Å². The fourth-order valence-corrected chi connectivity index (χ4v) is 1.98. The van der Waals surface area contributed by atoms with Crippen molar-refractivity contribution < 1.29 is 13.9 Å². The molecule has 2 rings (SSSR count). The summed E-state index contributed by atoms with van der Waals surface area (Å²) in [6, 6.07) is 11.5. The predicted octanol–water partition coefficient (Wildman–Crippen LogP) is 4.09. The van der Waals surface area contributed by atoms with Crippen molar-refractivity contribution >= 4 is 5.78 Å². The Morgan fingerprint density at radius 2 is 2.00 bits per heavy atom. The molecular weight excluding hydrogens is 243 g/mol. The topological polar surface area (TPSA) is 26.3 Å². The minimum atomic E-state index is -0.359.